The Morgan fingerprint density at radius 3 is 2.56 bits per heavy atom. The van der Waals surface area contributed by atoms with Gasteiger partial charge >= 0.3 is 12.1 Å². The Balaban J connectivity index is 1.40. The molecule has 0 saturated heterocycles. The molecule has 1 aromatic heterocycles. The molecule has 2 heterocycles. The van der Waals surface area contributed by atoms with Gasteiger partial charge in [-0.25, -0.2) is 9.59 Å². The molecule has 0 unspecified atom stereocenters. The maximum absolute atomic E-state index is 13.0. The number of hydrogen-bond donors (Lipinski definition) is 2. The minimum absolute atomic E-state index is 0.0583. The van der Waals surface area contributed by atoms with E-state index in [1.807, 2.05) is 45.0 Å². The molecule has 3 amide bonds. The van der Waals surface area contributed by atoms with Gasteiger partial charge in [0.05, 0.1) is 24.5 Å². The number of carbonyl (C=O) groups excluding carboxylic acids is 4. The number of esters is 1. The largest absolute Gasteiger partial charge is 0.462 e. The number of amides is 3. The lowest BCUT2D eigenvalue weighted by Crippen LogP contribution is -2.39. The van der Waals surface area contributed by atoms with E-state index in [1.165, 1.54) is 29.5 Å². The van der Waals surface area contributed by atoms with E-state index in [2.05, 4.69) is 10.6 Å². The van der Waals surface area contributed by atoms with E-state index in [1.54, 1.807) is 11.8 Å². The molecule has 0 atom stereocenters. The Morgan fingerprint density at radius 1 is 1.10 bits per heavy atom. The first kappa shape index (κ1) is 30.9. The number of hydrogen-bond acceptors (Lipinski definition) is 8. The van der Waals surface area contributed by atoms with Crippen LogP contribution >= 0.6 is 23.1 Å². The average Bonchev–Trinajstić information content (AvgIpc) is 3.28. The molecule has 41 heavy (non-hydrogen) atoms. The van der Waals surface area contributed by atoms with Gasteiger partial charge in [0.2, 0.25) is 11.8 Å². The number of thiophene rings is 1. The van der Waals surface area contributed by atoms with Gasteiger partial charge in [-0.2, -0.15) is 0 Å². The van der Waals surface area contributed by atoms with Crippen molar-refractivity contribution in [3.05, 3.63) is 40.3 Å². The number of thioether (sulfide) groups is 1. The van der Waals surface area contributed by atoms with Crippen molar-refractivity contribution in [3.63, 3.8) is 0 Å². The number of rotatable bonds is 8. The van der Waals surface area contributed by atoms with Crippen LogP contribution in [0.3, 0.4) is 0 Å². The van der Waals surface area contributed by atoms with Crippen molar-refractivity contribution in [3.8, 4) is 0 Å². The number of nitrogens with zero attached hydrogens (tertiary/aromatic N) is 1. The van der Waals surface area contributed by atoms with Gasteiger partial charge in [0, 0.05) is 27.9 Å². The fourth-order valence-corrected chi connectivity index (χ4v) is 7.00. The summed E-state index contributed by atoms with van der Waals surface area (Å²) in [6.45, 7) is 8.11. The Labute approximate surface area is 249 Å². The van der Waals surface area contributed by atoms with Crippen molar-refractivity contribution < 1.29 is 28.7 Å². The van der Waals surface area contributed by atoms with Crippen LogP contribution in [0.1, 0.15) is 80.6 Å². The molecule has 2 aliphatic rings. The summed E-state index contributed by atoms with van der Waals surface area (Å²) in [5.41, 5.74) is 1.27. The number of nitrogens with one attached hydrogen (secondary N) is 2. The minimum atomic E-state index is -0.611. The van der Waals surface area contributed by atoms with E-state index in [9.17, 15) is 19.2 Å². The van der Waals surface area contributed by atoms with Crippen LogP contribution in [0.2, 0.25) is 0 Å². The van der Waals surface area contributed by atoms with Gasteiger partial charge in [0.25, 0.3) is 0 Å². The lowest BCUT2D eigenvalue weighted by molar-refractivity contribution is -0.120. The first-order valence-electron chi connectivity index (χ1n) is 14.2. The molecule has 2 N–H and O–H groups in total. The molecule has 1 aliphatic carbocycles. The summed E-state index contributed by atoms with van der Waals surface area (Å²) >= 11 is 2.64. The third-order valence-electron chi connectivity index (χ3n) is 6.89. The molecule has 2 aromatic rings. The van der Waals surface area contributed by atoms with Crippen LogP contribution in [0.15, 0.2) is 29.2 Å². The Morgan fingerprint density at radius 2 is 1.85 bits per heavy atom. The molecule has 9 nitrogen and oxygen atoms in total. The van der Waals surface area contributed by atoms with E-state index in [0.717, 1.165) is 46.7 Å². The lowest BCUT2D eigenvalue weighted by atomic mass is 9.88. The second kappa shape index (κ2) is 13.7. The van der Waals surface area contributed by atoms with Crippen LogP contribution in [-0.2, 0) is 32.0 Å². The highest BCUT2D eigenvalue weighted by Gasteiger charge is 2.32. The normalized spacial score (nSPS) is 15.6. The standard InChI is InChI=1S/C30H39N3O6S2/c1-5-38-28(36)25-22-14-15-33(29(37)39-30(2,3)4)17-23(22)41-27(25)32-24(34)18-40-21-13-9-12-20(16-21)31-26(35)19-10-7-6-8-11-19/h9,12-13,16,19H,5-8,10-11,14-15,17-18H2,1-4H3,(H,31,35)(H,32,34). The van der Waals surface area contributed by atoms with Crippen LogP contribution < -0.4 is 10.6 Å². The number of ether oxygens (including phenoxy) is 2. The molecule has 11 heteroatoms. The smallest absolute Gasteiger partial charge is 0.410 e. The third kappa shape index (κ3) is 8.48. The molecule has 0 radical (unpaired) electrons. The summed E-state index contributed by atoms with van der Waals surface area (Å²) in [7, 11) is 0. The van der Waals surface area contributed by atoms with Gasteiger partial charge in [-0.1, -0.05) is 25.3 Å². The van der Waals surface area contributed by atoms with E-state index in [0.29, 0.717) is 30.1 Å². The number of carbonyl (C=O) groups is 4. The van der Waals surface area contributed by atoms with E-state index in [4.69, 9.17) is 9.47 Å². The number of fused-ring (bicyclic) bond motifs is 1. The SMILES string of the molecule is CCOC(=O)c1c(NC(=O)CSc2cccc(NC(=O)C3CCCCC3)c2)sc2c1CCN(C(=O)OC(C)(C)C)C2. The number of benzene rings is 1. The van der Waals surface area contributed by atoms with Gasteiger partial charge in [0.1, 0.15) is 10.6 Å². The number of anilines is 2. The van der Waals surface area contributed by atoms with Crippen molar-refractivity contribution in [1.82, 2.24) is 4.90 Å². The predicted octanol–water partition coefficient (Wildman–Crippen LogP) is 6.47. The zero-order chi connectivity index (χ0) is 29.6. The van der Waals surface area contributed by atoms with Crippen LogP contribution in [0, 0.1) is 5.92 Å². The first-order chi connectivity index (χ1) is 19.5. The van der Waals surface area contributed by atoms with Crippen molar-refractivity contribution in [2.75, 3.05) is 29.5 Å². The average molecular weight is 602 g/mol. The summed E-state index contributed by atoms with van der Waals surface area (Å²) in [6.07, 6.45) is 5.29. The summed E-state index contributed by atoms with van der Waals surface area (Å²) < 4.78 is 10.8. The van der Waals surface area contributed by atoms with Crippen LogP contribution in [-0.4, -0.2) is 53.3 Å². The minimum Gasteiger partial charge on any atom is -0.462 e. The summed E-state index contributed by atoms with van der Waals surface area (Å²) in [5.74, 6) is -0.510. The maximum Gasteiger partial charge on any atom is 0.410 e. The van der Waals surface area contributed by atoms with Gasteiger partial charge in [-0.05, 0) is 70.7 Å². The lowest BCUT2D eigenvalue weighted by Gasteiger charge is -2.30. The highest BCUT2D eigenvalue weighted by atomic mass is 32.2. The monoisotopic (exact) mass is 601 g/mol. The Hall–Kier alpha value is -3.05. The van der Waals surface area contributed by atoms with Gasteiger partial charge < -0.3 is 25.0 Å². The van der Waals surface area contributed by atoms with E-state index >= 15 is 0 Å². The van der Waals surface area contributed by atoms with Crippen molar-refractivity contribution >= 4 is 57.7 Å². The molecule has 4 rings (SSSR count). The predicted molar refractivity (Wildman–Crippen MR) is 162 cm³/mol. The zero-order valence-electron chi connectivity index (χ0n) is 24.2. The molecule has 1 saturated carbocycles. The maximum atomic E-state index is 13.0. The summed E-state index contributed by atoms with van der Waals surface area (Å²) in [5, 5.41) is 6.36. The van der Waals surface area contributed by atoms with Crippen molar-refractivity contribution in [1.29, 1.82) is 0 Å². The van der Waals surface area contributed by atoms with Gasteiger partial charge in [-0.3, -0.25) is 9.59 Å². The van der Waals surface area contributed by atoms with Crippen molar-refractivity contribution in [2.45, 2.75) is 83.3 Å². The quantitative estimate of drug-likeness (QED) is 0.263. The van der Waals surface area contributed by atoms with E-state index in [-0.39, 0.29) is 30.1 Å². The summed E-state index contributed by atoms with van der Waals surface area (Å²) in [4.78, 5) is 54.5. The highest BCUT2D eigenvalue weighted by molar-refractivity contribution is 8.00. The third-order valence-corrected chi connectivity index (χ3v) is 9.01. The molecular formula is C30H39N3O6S2. The topological polar surface area (TPSA) is 114 Å². The molecule has 0 bridgehead atoms. The second-order valence-electron chi connectivity index (χ2n) is 11.3. The fraction of sp³-hybridized carbons (Fsp3) is 0.533. The Kier molecular flexibility index (Phi) is 10.4. The zero-order valence-corrected chi connectivity index (χ0v) is 25.8. The van der Waals surface area contributed by atoms with E-state index < -0.39 is 17.7 Å². The molecular weight excluding hydrogens is 562 g/mol. The fourth-order valence-electron chi connectivity index (χ4n) is 4.98. The summed E-state index contributed by atoms with van der Waals surface area (Å²) in [6, 6.07) is 7.48. The van der Waals surface area contributed by atoms with Crippen molar-refractivity contribution in [2.24, 2.45) is 5.92 Å². The van der Waals surface area contributed by atoms with Gasteiger partial charge in [-0.15, -0.1) is 23.1 Å². The second-order valence-corrected chi connectivity index (χ2v) is 13.4. The first-order valence-corrected chi connectivity index (χ1v) is 16.0. The molecule has 0 spiro atoms. The molecule has 222 valence electrons. The highest BCUT2D eigenvalue weighted by Crippen LogP contribution is 2.38. The Bertz CT molecular complexity index is 1280. The molecule has 1 fully saturated rings. The van der Waals surface area contributed by atoms with Gasteiger partial charge in [0.15, 0.2) is 0 Å². The van der Waals surface area contributed by atoms with Crippen LogP contribution in [0.4, 0.5) is 15.5 Å². The molecule has 1 aliphatic heterocycles. The van der Waals surface area contributed by atoms with Crippen LogP contribution in [0.5, 0.6) is 0 Å². The molecule has 1 aromatic carbocycles. The van der Waals surface area contributed by atoms with Crippen LogP contribution in [0.25, 0.3) is 0 Å².